The Hall–Kier alpha value is -3.40. The molecule has 0 radical (unpaired) electrons. The number of carbonyl (C=O) groups is 1. The van der Waals surface area contributed by atoms with Crippen LogP contribution in [0, 0.1) is 0 Å². The molecule has 8 nitrogen and oxygen atoms in total. The Morgan fingerprint density at radius 1 is 1.06 bits per heavy atom. The number of hydrogen-bond donors (Lipinski definition) is 0. The lowest BCUT2D eigenvalue weighted by molar-refractivity contribution is 0.0511. The average Bonchev–Trinajstić information content (AvgIpc) is 2.86. The van der Waals surface area contributed by atoms with Gasteiger partial charge in [-0.05, 0) is 60.5 Å². The van der Waals surface area contributed by atoms with Crippen molar-refractivity contribution in [3.8, 4) is 5.75 Å². The fraction of sp³-hybridized carbons (Fsp3) is 0.200. The van der Waals surface area contributed by atoms with E-state index in [4.69, 9.17) is 25.8 Å². The van der Waals surface area contributed by atoms with Gasteiger partial charge in [0, 0.05) is 30.1 Å². The molecule has 0 aliphatic rings. The normalized spacial score (nSPS) is 11.7. The predicted molar refractivity (Wildman–Crippen MR) is 133 cm³/mol. The van der Waals surface area contributed by atoms with Crippen molar-refractivity contribution in [3.63, 3.8) is 0 Å². The number of hydrogen-bond acceptors (Lipinski definition) is 7. The monoisotopic (exact) mass is 516 g/mol. The van der Waals surface area contributed by atoms with Crippen LogP contribution in [0.15, 0.2) is 84.0 Å². The molecule has 1 aromatic heterocycles. The van der Waals surface area contributed by atoms with E-state index in [2.05, 4.69) is 4.98 Å². The van der Waals surface area contributed by atoms with Crippen LogP contribution in [-0.2, 0) is 19.5 Å². The lowest BCUT2D eigenvalue weighted by Crippen LogP contribution is -2.37. The highest BCUT2D eigenvalue weighted by Crippen LogP contribution is 2.26. The number of amides is 1. The first-order chi connectivity index (χ1) is 16.9. The zero-order chi connectivity index (χ0) is 25.3. The Morgan fingerprint density at radius 3 is 2.37 bits per heavy atom. The number of methoxy groups -OCH3 is 1. The van der Waals surface area contributed by atoms with E-state index in [0.717, 1.165) is 11.1 Å². The summed E-state index contributed by atoms with van der Waals surface area (Å²) >= 11 is 5.90. The molecule has 1 amide bonds. The van der Waals surface area contributed by atoms with Gasteiger partial charge in [0.2, 0.25) is 0 Å². The molecule has 0 fully saturated rings. The van der Waals surface area contributed by atoms with E-state index < -0.39 is 16.1 Å². The molecule has 0 saturated carbocycles. The molecule has 10 heteroatoms. The van der Waals surface area contributed by atoms with E-state index in [1.54, 1.807) is 43.6 Å². The van der Waals surface area contributed by atoms with Crippen LogP contribution in [0.5, 0.6) is 5.75 Å². The molecule has 35 heavy (non-hydrogen) atoms. The minimum Gasteiger partial charge on any atom is -0.468 e. The third-order valence-electron chi connectivity index (χ3n) is 4.82. The van der Waals surface area contributed by atoms with Crippen LogP contribution >= 0.6 is 11.6 Å². The van der Waals surface area contributed by atoms with Crippen LogP contribution in [0.1, 0.15) is 18.1 Å². The standard InChI is InChI=1S/C25H25ClN2O6S/c1-3-33-25(29)28(35(30,31)23-12-8-21(26)9-13-23)16-14-24(20-5-4-15-27-17-20)19-6-10-22(11-7-19)34-18-32-2/h4-15,17H,3,16,18H2,1-2H3/b24-14+. The van der Waals surface area contributed by atoms with E-state index >= 15 is 0 Å². The predicted octanol–water partition coefficient (Wildman–Crippen LogP) is 5.00. The summed E-state index contributed by atoms with van der Waals surface area (Å²) in [6, 6.07) is 16.4. The van der Waals surface area contributed by atoms with E-state index in [0.29, 0.717) is 20.7 Å². The molecule has 0 N–H and O–H groups in total. The maximum Gasteiger partial charge on any atom is 0.424 e. The van der Waals surface area contributed by atoms with Crippen molar-refractivity contribution >= 4 is 33.3 Å². The maximum atomic E-state index is 13.3. The van der Waals surface area contributed by atoms with Gasteiger partial charge in [-0.3, -0.25) is 4.98 Å². The summed E-state index contributed by atoms with van der Waals surface area (Å²) in [4.78, 5) is 16.8. The Labute approximate surface area is 209 Å². The van der Waals surface area contributed by atoms with Crippen LogP contribution in [0.2, 0.25) is 5.02 Å². The molecule has 0 aliphatic carbocycles. The third kappa shape index (κ3) is 6.82. The molecule has 2 aromatic carbocycles. The Morgan fingerprint density at radius 2 is 1.77 bits per heavy atom. The topological polar surface area (TPSA) is 95.0 Å². The zero-order valence-corrected chi connectivity index (χ0v) is 20.8. The molecule has 0 aliphatic heterocycles. The molecule has 0 spiro atoms. The zero-order valence-electron chi connectivity index (χ0n) is 19.3. The number of ether oxygens (including phenoxy) is 3. The molecular formula is C25H25ClN2O6S. The van der Waals surface area contributed by atoms with Gasteiger partial charge in [0.25, 0.3) is 10.0 Å². The van der Waals surface area contributed by atoms with Crippen molar-refractivity contribution in [2.75, 3.05) is 27.1 Å². The van der Waals surface area contributed by atoms with Gasteiger partial charge in [-0.15, -0.1) is 0 Å². The van der Waals surface area contributed by atoms with Crippen LogP contribution in [0.25, 0.3) is 5.57 Å². The van der Waals surface area contributed by atoms with Crippen LogP contribution in [0.3, 0.4) is 0 Å². The molecule has 3 aromatic rings. The van der Waals surface area contributed by atoms with Crippen molar-refractivity contribution in [2.45, 2.75) is 11.8 Å². The molecule has 184 valence electrons. The van der Waals surface area contributed by atoms with Crippen molar-refractivity contribution in [1.82, 2.24) is 9.29 Å². The summed E-state index contributed by atoms with van der Waals surface area (Å²) in [7, 11) is -2.68. The second-order valence-corrected chi connectivity index (χ2v) is 9.42. The number of halogens is 1. The summed E-state index contributed by atoms with van der Waals surface area (Å²) in [5.41, 5.74) is 2.19. The van der Waals surface area contributed by atoms with Gasteiger partial charge < -0.3 is 14.2 Å². The molecular weight excluding hydrogens is 492 g/mol. The SMILES string of the molecule is CCOC(=O)N(C/C=C(\c1ccc(OCOC)cc1)c1cccnc1)S(=O)(=O)c1ccc(Cl)cc1. The number of sulfonamides is 1. The van der Waals surface area contributed by atoms with Gasteiger partial charge >= 0.3 is 6.09 Å². The van der Waals surface area contributed by atoms with E-state index in [9.17, 15) is 13.2 Å². The number of aromatic nitrogens is 1. The second kappa shape index (κ2) is 12.3. The van der Waals surface area contributed by atoms with Gasteiger partial charge in [0.05, 0.1) is 18.0 Å². The summed E-state index contributed by atoms with van der Waals surface area (Å²) in [5.74, 6) is 0.611. The van der Waals surface area contributed by atoms with Gasteiger partial charge in [-0.25, -0.2) is 13.2 Å². The van der Waals surface area contributed by atoms with Crippen molar-refractivity contribution in [3.05, 3.63) is 95.3 Å². The van der Waals surface area contributed by atoms with E-state index in [1.807, 2.05) is 18.2 Å². The van der Waals surface area contributed by atoms with Crippen LogP contribution in [0.4, 0.5) is 4.79 Å². The molecule has 0 unspecified atom stereocenters. The smallest absolute Gasteiger partial charge is 0.424 e. The second-order valence-electron chi connectivity index (χ2n) is 7.12. The minimum atomic E-state index is -4.21. The van der Waals surface area contributed by atoms with Crippen molar-refractivity contribution in [1.29, 1.82) is 0 Å². The highest BCUT2D eigenvalue weighted by Gasteiger charge is 2.30. The summed E-state index contributed by atoms with van der Waals surface area (Å²) in [6.07, 6.45) is 3.96. The molecule has 1 heterocycles. The Bertz CT molecular complexity index is 1250. The fourth-order valence-electron chi connectivity index (χ4n) is 3.16. The number of carbonyl (C=O) groups excluding carboxylic acids is 1. The molecule has 0 atom stereocenters. The van der Waals surface area contributed by atoms with Crippen LogP contribution < -0.4 is 4.74 Å². The molecule has 0 bridgehead atoms. The Balaban J connectivity index is 2.01. The molecule has 3 rings (SSSR count). The number of rotatable bonds is 10. The largest absolute Gasteiger partial charge is 0.468 e. The quantitative estimate of drug-likeness (QED) is 0.350. The first-order valence-electron chi connectivity index (χ1n) is 10.6. The first-order valence-corrected chi connectivity index (χ1v) is 12.5. The van der Waals surface area contributed by atoms with Crippen LogP contribution in [-0.4, -0.2) is 50.9 Å². The Kier molecular flexibility index (Phi) is 9.25. The lowest BCUT2D eigenvalue weighted by Gasteiger charge is -2.21. The fourth-order valence-corrected chi connectivity index (χ4v) is 4.54. The van der Waals surface area contributed by atoms with E-state index in [-0.39, 0.29) is 24.8 Å². The summed E-state index contributed by atoms with van der Waals surface area (Å²) < 4.78 is 42.7. The summed E-state index contributed by atoms with van der Waals surface area (Å²) in [6.45, 7) is 1.47. The van der Waals surface area contributed by atoms with E-state index in [1.165, 1.54) is 31.4 Å². The van der Waals surface area contributed by atoms with Gasteiger partial charge in [0.15, 0.2) is 6.79 Å². The summed E-state index contributed by atoms with van der Waals surface area (Å²) in [5, 5.41) is 0.378. The maximum absolute atomic E-state index is 13.3. The third-order valence-corrected chi connectivity index (χ3v) is 6.81. The number of pyridine rings is 1. The van der Waals surface area contributed by atoms with Crippen molar-refractivity contribution < 1.29 is 27.4 Å². The average molecular weight is 517 g/mol. The van der Waals surface area contributed by atoms with Gasteiger partial charge in [-0.2, -0.15) is 4.31 Å². The minimum absolute atomic E-state index is 0.0214. The number of benzene rings is 2. The molecule has 0 saturated heterocycles. The van der Waals surface area contributed by atoms with Gasteiger partial charge in [-0.1, -0.05) is 35.9 Å². The van der Waals surface area contributed by atoms with Gasteiger partial charge in [0.1, 0.15) is 5.75 Å². The number of nitrogens with zero attached hydrogens (tertiary/aromatic N) is 2. The first kappa shape index (κ1) is 26.2. The highest BCUT2D eigenvalue weighted by molar-refractivity contribution is 7.89. The van der Waals surface area contributed by atoms with Crippen molar-refractivity contribution in [2.24, 2.45) is 0 Å². The lowest BCUT2D eigenvalue weighted by atomic mass is 9.99. The highest BCUT2D eigenvalue weighted by atomic mass is 35.5.